The zero-order valence-corrected chi connectivity index (χ0v) is 21.9. The van der Waals surface area contributed by atoms with Gasteiger partial charge in [-0.05, 0) is 23.6 Å². The van der Waals surface area contributed by atoms with Crippen molar-refractivity contribution in [2.75, 3.05) is 13.2 Å². The molecule has 0 saturated carbocycles. The Balaban J connectivity index is 1.37. The molecule has 0 amide bonds. The highest BCUT2D eigenvalue weighted by Gasteiger charge is 2.57. The maximum Gasteiger partial charge on any atom is 0.282 e. The van der Waals surface area contributed by atoms with E-state index in [2.05, 4.69) is 0 Å². The summed E-state index contributed by atoms with van der Waals surface area (Å²) in [5.74, 6) is -1.23. The molecule has 202 valence electrons. The Bertz CT molecular complexity index is 1100. The van der Waals surface area contributed by atoms with Gasteiger partial charge in [0.2, 0.25) is 0 Å². The molecule has 0 aromatic heterocycles. The van der Waals surface area contributed by atoms with Crippen LogP contribution in [0, 0.1) is 0 Å². The summed E-state index contributed by atoms with van der Waals surface area (Å²) in [4.78, 5) is 0. The fourth-order valence-electron chi connectivity index (χ4n) is 4.84. The van der Waals surface area contributed by atoms with Crippen LogP contribution >= 0.6 is 0 Å². The molecule has 2 aliphatic heterocycles. The summed E-state index contributed by atoms with van der Waals surface area (Å²) in [6.45, 7) is 5.65. The molecule has 38 heavy (non-hydrogen) atoms. The Morgan fingerprint density at radius 3 is 1.76 bits per heavy atom. The van der Waals surface area contributed by atoms with Gasteiger partial charge < -0.3 is 28.4 Å². The summed E-state index contributed by atoms with van der Waals surface area (Å²) in [7, 11) is 0. The molecule has 0 bridgehead atoms. The van der Waals surface area contributed by atoms with Gasteiger partial charge >= 0.3 is 0 Å². The number of benzene rings is 3. The van der Waals surface area contributed by atoms with Gasteiger partial charge in [-0.25, -0.2) is 0 Å². The van der Waals surface area contributed by atoms with Gasteiger partial charge in [-0.2, -0.15) is 0 Å². The average Bonchev–Trinajstić information content (AvgIpc) is 3.28. The molecule has 0 radical (unpaired) electrons. The smallest absolute Gasteiger partial charge is 0.282 e. The molecular weight excluding hydrogens is 484 g/mol. The standard InChI is InChI=1S/C31H36O7/c1-3-35-31(2)37-29-28(34-21-25-17-11-6-12-18-25)27(33-20-24-15-9-5-10-16-24)26(36-30(29)38-31)22-32-19-23-13-7-4-8-14-23/h4-18,26-30H,3,19-22H2,1-2H3/t26-,27-,28+,29-,30-,31?/m1/s1. The molecular formula is C31H36O7. The van der Waals surface area contributed by atoms with Crippen LogP contribution in [0.25, 0.3) is 0 Å². The summed E-state index contributed by atoms with van der Waals surface area (Å²) >= 11 is 0. The molecule has 7 nitrogen and oxygen atoms in total. The van der Waals surface area contributed by atoms with Crippen molar-refractivity contribution in [2.45, 2.75) is 70.3 Å². The second kappa shape index (κ2) is 13.0. The van der Waals surface area contributed by atoms with Crippen molar-refractivity contribution in [3.63, 3.8) is 0 Å². The molecule has 0 N–H and O–H groups in total. The van der Waals surface area contributed by atoms with Crippen molar-refractivity contribution in [3.8, 4) is 0 Å². The molecule has 7 heteroatoms. The second-order valence-electron chi connectivity index (χ2n) is 9.56. The van der Waals surface area contributed by atoms with Gasteiger partial charge in [-0.3, -0.25) is 4.74 Å². The fourth-order valence-corrected chi connectivity index (χ4v) is 4.84. The zero-order valence-electron chi connectivity index (χ0n) is 21.9. The summed E-state index contributed by atoms with van der Waals surface area (Å²) in [5.41, 5.74) is 3.20. The minimum Gasteiger partial charge on any atom is -0.374 e. The van der Waals surface area contributed by atoms with Crippen LogP contribution in [0.4, 0.5) is 0 Å². The Morgan fingerprint density at radius 2 is 1.21 bits per heavy atom. The average molecular weight is 521 g/mol. The Kier molecular flexibility index (Phi) is 9.19. The van der Waals surface area contributed by atoms with E-state index < -0.39 is 36.7 Å². The minimum absolute atomic E-state index is 0.303. The van der Waals surface area contributed by atoms with Crippen molar-refractivity contribution in [3.05, 3.63) is 108 Å². The van der Waals surface area contributed by atoms with E-state index in [9.17, 15) is 0 Å². The van der Waals surface area contributed by atoms with Crippen LogP contribution in [-0.4, -0.2) is 49.9 Å². The quantitative estimate of drug-likeness (QED) is 0.324. The van der Waals surface area contributed by atoms with E-state index in [0.29, 0.717) is 33.0 Å². The molecule has 2 saturated heterocycles. The third-order valence-electron chi connectivity index (χ3n) is 6.64. The maximum absolute atomic E-state index is 6.53. The lowest BCUT2D eigenvalue weighted by Crippen LogP contribution is -2.59. The largest absolute Gasteiger partial charge is 0.374 e. The predicted molar refractivity (Wildman–Crippen MR) is 141 cm³/mol. The van der Waals surface area contributed by atoms with Gasteiger partial charge in [0.1, 0.15) is 24.4 Å². The highest BCUT2D eigenvalue weighted by atomic mass is 16.9. The van der Waals surface area contributed by atoms with Crippen LogP contribution in [0.1, 0.15) is 30.5 Å². The van der Waals surface area contributed by atoms with Crippen molar-refractivity contribution < 1.29 is 33.2 Å². The van der Waals surface area contributed by atoms with Crippen LogP contribution < -0.4 is 0 Å². The lowest BCUT2D eigenvalue weighted by Gasteiger charge is -2.42. The first kappa shape index (κ1) is 27.0. The van der Waals surface area contributed by atoms with Gasteiger partial charge in [0, 0.05) is 13.5 Å². The Morgan fingerprint density at radius 1 is 0.684 bits per heavy atom. The van der Waals surface area contributed by atoms with E-state index in [4.69, 9.17) is 33.2 Å². The van der Waals surface area contributed by atoms with Crippen LogP contribution in [0.2, 0.25) is 0 Å². The molecule has 2 aliphatic rings. The summed E-state index contributed by atoms with van der Waals surface area (Å²) in [6.07, 6.45) is -2.62. The van der Waals surface area contributed by atoms with E-state index in [-0.39, 0.29) is 0 Å². The summed E-state index contributed by atoms with van der Waals surface area (Å²) in [6, 6.07) is 30.2. The van der Waals surface area contributed by atoms with Gasteiger partial charge in [-0.1, -0.05) is 91.0 Å². The van der Waals surface area contributed by atoms with Crippen LogP contribution in [0.15, 0.2) is 91.0 Å². The SMILES string of the molecule is CCOC1(C)O[C@H]2O[C@H](COCc3ccccc3)[C@@H](OCc3ccccc3)[C@H](OCc3ccccc3)[C@H]2O1. The molecule has 3 aromatic rings. The Hall–Kier alpha value is -2.62. The van der Waals surface area contributed by atoms with Crippen molar-refractivity contribution in [1.29, 1.82) is 0 Å². The number of hydrogen-bond donors (Lipinski definition) is 0. The van der Waals surface area contributed by atoms with Gasteiger partial charge in [0.05, 0.1) is 26.4 Å². The van der Waals surface area contributed by atoms with Crippen molar-refractivity contribution in [2.24, 2.45) is 0 Å². The molecule has 2 heterocycles. The highest BCUT2D eigenvalue weighted by molar-refractivity contribution is 5.15. The first-order valence-corrected chi connectivity index (χ1v) is 13.2. The van der Waals surface area contributed by atoms with Crippen LogP contribution in [0.3, 0.4) is 0 Å². The first-order chi connectivity index (χ1) is 18.6. The predicted octanol–water partition coefficient (Wildman–Crippen LogP) is 5.22. The third-order valence-corrected chi connectivity index (χ3v) is 6.64. The molecule has 3 aromatic carbocycles. The molecule has 6 atom stereocenters. The summed E-state index contributed by atoms with van der Waals surface area (Å²) < 4.78 is 43.8. The van der Waals surface area contributed by atoms with Crippen LogP contribution in [0.5, 0.6) is 0 Å². The van der Waals surface area contributed by atoms with Gasteiger partial charge in [0.15, 0.2) is 6.29 Å². The monoisotopic (exact) mass is 520 g/mol. The number of fused-ring (bicyclic) bond motifs is 1. The van der Waals surface area contributed by atoms with Crippen molar-refractivity contribution in [1.82, 2.24) is 0 Å². The van der Waals surface area contributed by atoms with Gasteiger partial charge in [0.25, 0.3) is 5.97 Å². The third kappa shape index (κ3) is 6.87. The lowest BCUT2D eigenvalue weighted by atomic mass is 9.98. The number of ether oxygens (including phenoxy) is 7. The summed E-state index contributed by atoms with van der Waals surface area (Å²) in [5, 5.41) is 0. The fraction of sp³-hybridized carbons (Fsp3) is 0.419. The lowest BCUT2D eigenvalue weighted by molar-refractivity contribution is -0.343. The molecule has 5 rings (SSSR count). The number of hydrogen-bond acceptors (Lipinski definition) is 7. The van der Waals surface area contributed by atoms with E-state index in [1.807, 2.05) is 97.9 Å². The topological polar surface area (TPSA) is 64.6 Å². The molecule has 1 unspecified atom stereocenters. The Labute approximate surface area is 224 Å². The normalized spacial score (nSPS) is 28.7. The molecule has 0 spiro atoms. The van der Waals surface area contributed by atoms with Gasteiger partial charge in [-0.15, -0.1) is 0 Å². The minimum atomic E-state index is -1.23. The van der Waals surface area contributed by atoms with E-state index in [1.54, 1.807) is 6.92 Å². The maximum atomic E-state index is 6.53. The molecule has 0 aliphatic carbocycles. The van der Waals surface area contributed by atoms with E-state index in [0.717, 1.165) is 16.7 Å². The second-order valence-corrected chi connectivity index (χ2v) is 9.56. The van der Waals surface area contributed by atoms with Crippen LogP contribution in [-0.2, 0) is 53.0 Å². The van der Waals surface area contributed by atoms with E-state index >= 15 is 0 Å². The van der Waals surface area contributed by atoms with E-state index in [1.165, 1.54) is 0 Å². The van der Waals surface area contributed by atoms with Crippen molar-refractivity contribution >= 4 is 0 Å². The highest BCUT2D eigenvalue weighted by Crippen LogP contribution is 2.40. The molecule has 2 fully saturated rings. The number of rotatable bonds is 12. The first-order valence-electron chi connectivity index (χ1n) is 13.2. The zero-order chi connectivity index (χ0) is 26.2.